The van der Waals surface area contributed by atoms with E-state index in [1.165, 1.54) is 24.3 Å². The van der Waals surface area contributed by atoms with E-state index >= 15 is 0 Å². The highest BCUT2D eigenvalue weighted by molar-refractivity contribution is 7.99. The maximum absolute atomic E-state index is 12.3. The first kappa shape index (κ1) is 19.5. The molecule has 0 aliphatic rings. The summed E-state index contributed by atoms with van der Waals surface area (Å²) in [4.78, 5) is 24.6. The van der Waals surface area contributed by atoms with Crippen LogP contribution in [0.5, 0.6) is 0 Å². The molecule has 0 saturated carbocycles. The van der Waals surface area contributed by atoms with Crippen molar-refractivity contribution < 1.29 is 18.3 Å². The Morgan fingerprint density at radius 2 is 1.79 bits per heavy atom. The van der Waals surface area contributed by atoms with Crippen molar-refractivity contribution in [1.82, 2.24) is 15.0 Å². The molecule has 10 heteroatoms. The minimum atomic E-state index is -2.52. The first-order valence-electron chi connectivity index (χ1n) is 8.04. The number of benzene rings is 2. The van der Waals surface area contributed by atoms with E-state index in [1.807, 2.05) is 30.3 Å². The van der Waals surface area contributed by atoms with Gasteiger partial charge in [0.25, 0.3) is 5.76 Å². The summed E-state index contributed by atoms with van der Waals surface area (Å²) in [6, 6.07) is 14.9. The Labute approximate surface area is 163 Å². The van der Waals surface area contributed by atoms with Gasteiger partial charge in [-0.15, -0.1) is 0 Å². The van der Waals surface area contributed by atoms with E-state index < -0.39 is 11.7 Å². The number of halogens is 2. The number of carbonyl (C=O) groups excluding carboxylic acids is 1. The van der Waals surface area contributed by atoms with Crippen LogP contribution in [0, 0.1) is 0 Å². The Bertz CT molecular complexity index is 942. The Balaban J connectivity index is 1.63. The molecule has 2 aromatic carbocycles. The number of aromatic nitrogens is 3. The molecule has 3 rings (SSSR count). The average Bonchev–Trinajstić information content (AvgIpc) is 2.66. The lowest BCUT2D eigenvalue weighted by Crippen LogP contribution is -2.11. The Kier molecular flexibility index (Phi) is 6.33. The summed E-state index contributed by atoms with van der Waals surface area (Å²) in [5.74, 6) is -2.79. The summed E-state index contributed by atoms with van der Waals surface area (Å²) in [7, 11) is 0. The van der Waals surface area contributed by atoms with Gasteiger partial charge in [0.05, 0.1) is 5.56 Å². The number of anilines is 3. The normalized spacial score (nSPS) is 10.7. The van der Waals surface area contributed by atoms with E-state index in [4.69, 9.17) is 10.5 Å². The van der Waals surface area contributed by atoms with E-state index in [2.05, 4.69) is 20.3 Å². The van der Waals surface area contributed by atoms with Crippen LogP contribution in [0.2, 0.25) is 0 Å². The summed E-state index contributed by atoms with van der Waals surface area (Å²) in [5.41, 5.74) is 6.67. The number of nitrogens with zero attached hydrogens (tertiary/aromatic N) is 3. The molecule has 0 atom stereocenters. The summed E-state index contributed by atoms with van der Waals surface area (Å²) in [5, 5.41) is 2.98. The maximum Gasteiger partial charge on any atom is 0.338 e. The number of hydrogen-bond donors (Lipinski definition) is 2. The van der Waals surface area contributed by atoms with Gasteiger partial charge < -0.3 is 15.8 Å². The third-order valence-electron chi connectivity index (χ3n) is 3.38. The van der Waals surface area contributed by atoms with Crippen LogP contribution in [0.1, 0.15) is 16.2 Å². The highest BCUT2D eigenvalue weighted by atomic mass is 32.2. The van der Waals surface area contributed by atoms with Crippen LogP contribution in [0.4, 0.5) is 26.4 Å². The van der Waals surface area contributed by atoms with E-state index in [9.17, 15) is 13.6 Å². The van der Waals surface area contributed by atoms with E-state index in [-0.39, 0.29) is 29.9 Å². The van der Waals surface area contributed by atoms with Gasteiger partial charge in [0.2, 0.25) is 11.9 Å². The molecule has 3 N–H and O–H groups in total. The van der Waals surface area contributed by atoms with Crippen molar-refractivity contribution in [3.05, 3.63) is 66.0 Å². The number of nitrogen functional groups attached to an aromatic ring is 1. The zero-order valence-electron chi connectivity index (χ0n) is 14.4. The van der Waals surface area contributed by atoms with Crippen molar-refractivity contribution in [2.75, 3.05) is 11.1 Å². The molecular formula is C18H15F2N5O2S. The molecule has 0 fully saturated rings. The molecule has 0 bridgehead atoms. The number of hydrogen-bond acceptors (Lipinski definition) is 8. The Morgan fingerprint density at radius 3 is 2.46 bits per heavy atom. The fourth-order valence-electron chi connectivity index (χ4n) is 2.19. The molecule has 0 unspecified atom stereocenters. The quantitative estimate of drug-likeness (QED) is 0.453. The molecule has 0 saturated heterocycles. The Morgan fingerprint density at radius 1 is 1.07 bits per heavy atom. The predicted molar refractivity (Wildman–Crippen MR) is 101 cm³/mol. The second-order valence-electron chi connectivity index (χ2n) is 5.40. The highest BCUT2D eigenvalue weighted by Gasteiger charge is 2.12. The van der Waals surface area contributed by atoms with Crippen LogP contribution in [-0.2, 0) is 11.3 Å². The van der Waals surface area contributed by atoms with Gasteiger partial charge in [-0.25, -0.2) is 4.79 Å². The van der Waals surface area contributed by atoms with Crippen molar-refractivity contribution in [3.8, 4) is 0 Å². The average molecular weight is 403 g/mol. The molecule has 0 spiro atoms. The van der Waals surface area contributed by atoms with Crippen LogP contribution in [0.3, 0.4) is 0 Å². The lowest BCUT2D eigenvalue weighted by atomic mass is 10.2. The van der Waals surface area contributed by atoms with Crippen molar-refractivity contribution in [2.24, 2.45) is 0 Å². The SMILES string of the molecule is Nc1nc(COC(=O)c2ccc(SC(F)F)cc2)nc(Nc2ccccc2)n1. The van der Waals surface area contributed by atoms with Crippen LogP contribution in [0.25, 0.3) is 0 Å². The summed E-state index contributed by atoms with van der Waals surface area (Å²) >= 11 is 0.400. The van der Waals surface area contributed by atoms with Gasteiger partial charge in [-0.2, -0.15) is 23.7 Å². The van der Waals surface area contributed by atoms with Crippen LogP contribution >= 0.6 is 11.8 Å². The number of nitrogens with one attached hydrogen (secondary N) is 1. The summed E-state index contributed by atoms with van der Waals surface area (Å²) < 4.78 is 29.8. The third-order valence-corrected chi connectivity index (χ3v) is 4.10. The van der Waals surface area contributed by atoms with Crippen molar-refractivity contribution in [1.29, 1.82) is 0 Å². The van der Waals surface area contributed by atoms with Gasteiger partial charge in [0.1, 0.15) is 0 Å². The second kappa shape index (κ2) is 9.09. The number of esters is 1. The van der Waals surface area contributed by atoms with E-state index in [1.54, 1.807) is 0 Å². The zero-order valence-corrected chi connectivity index (χ0v) is 15.2. The maximum atomic E-state index is 12.3. The van der Waals surface area contributed by atoms with Gasteiger partial charge in [0.15, 0.2) is 12.4 Å². The minimum absolute atomic E-state index is 0.0205. The molecule has 0 amide bonds. The topological polar surface area (TPSA) is 103 Å². The number of nitrogens with two attached hydrogens (primary N) is 1. The monoisotopic (exact) mass is 403 g/mol. The smallest absolute Gasteiger partial charge is 0.338 e. The minimum Gasteiger partial charge on any atom is -0.454 e. The van der Waals surface area contributed by atoms with E-state index in [0.29, 0.717) is 16.7 Å². The molecule has 144 valence electrons. The third kappa shape index (κ3) is 5.61. The number of alkyl halides is 2. The van der Waals surface area contributed by atoms with Crippen molar-refractivity contribution in [2.45, 2.75) is 17.3 Å². The van der Waals surface area contributed by atoms with Gasteiger partial charge in [-0.3, -0.25) is 0 Å². The molecule has 7 nitrogen and oxygen atoms in total. The number of ether oxygens (including phenoxy) is 1. The first-order chi connectivity index (χ1) is 13.5. The largest absolute Gasteiger partial charge is 0.454 e. The van der Waals surface area contributed by atoms with Gasteiger partial charge in [-0.1, -0.05) is 30.0 Å². The van der Waals surface area contributed by atoms with Gasteiger partial charge >= 0.3 is 5.97 Å². The fraction of sp³-hybridized carbons (Fsp3) is 0.111. The number of thioether (sulfide) groups is 1. The van der Waals surface area contributed by atoms with Crippen LogP contribution in [0.15, 0.2) is 59.5 Å². The molecule has 0 aliphatic carbocycles. The molecule has 1 aromatic heterocycles. The van der Waals surface area contributed by atoms with Crippen molar-refractivity contribution in [3.63, 3.8) is 0 Å². The first-order valence-corrected chi connectivity index (χ1v) is 8.92. The van der Waals surface area contributed by atoms with Gasteiger partial charge in [0, 0.05) is 10.6 Å². The molecular weight excluding hydrogens is 388 g/mol. The summed E-state index contributed by atoms with van der Waals surface area (Å²) in [6.45, 7) is -0.220. The lowest BCUT2D eigenvalue weighted by Gasteiger charge is -2.08. The lowest BCUT2D eigenvalue weighted by molar-refractivity contribution is 0.0462. The second-order valence-corrected chi connectivity index (χ2v) is 6.47. The number of para-hydroxylation sites is 1. The fourth-order valence-corrected chi connectivity index (χ4v) is 2.69. The Hall–Kier alpha value is -3.27. The zero-order chi connectivity index (χ0) is 19.9. The van der Waals surface area contributed by atoms with Crippen LogP contribution in [-0.4, -0.2) is 26.7 Å². The molecule has 3 aromatic rings. The predicted octanol–water partition coefficient (Wildman–Crippen LogP) is 3.87. The summed E-state index contributed by atoms with van der Waals surface area (Å²) in [6.07, 6.45) is 0. The number of rotatable bonds is 7. The van der Waals surface area contributed by atoms with Gasteiger partial charge in [-0.05, 0) is 36.4 Å². The van der Waals surface area contributed by atoms with Crippen molar-refractivity contribution >= 4 is 35.3 Å². The number of carbonyl (C=O) groups is 1. The molecule has 0 aliphatic heterocycles. The molecule has 0 radical (unpaired) electrons. The van der Waals surface area contributed by atoms with E-state index in [0.717, 1.165) is 5.69 Å². The standard InChI is InChI=1S/C18H15F2N5O2S/c19-16(20)28-13-8-6-11(7-9-13)15(26)27-10-14-23-17(21)25-18(24-14)22-12-4-2-1-3-5-12/h1-9,16H,10H2,(H3,21,22,23,24,25). The van der Waals surface area contributed by atoms with Crippen LogP contribution < -0.4 is 11.1 Å². The molecule has 1 heterocycles. The molecule has 28 heavy (non-hydrogen) atoms. The highest BCUT2D eigenvalue weighted by Crippen LogP contribution is 2.25.